The van der Waals surface area contributed by atoms with E-state index in [2.05, 4.69) is 13.2 Å². The standard InChI is InChI=1S/C17H20O5/c1-7-5-11(19)13-8(2)6-12(21-10(4)18)15-9(3)17(20)22-16(15)14(7)13/h5,11-16,19H,2-3,6H2,1,4H3/t11-,12-,13+,14-,15+,16+/m0/s1. The van der Waals surface area contributed by atoms with Crippen molar-refractivity contribution in [3.8, 4) is 0 Å². The zero-order valence-corrected chi connectivity index (χ0v) is 12.7. The molecular formula is C17H20O5. The summed E-state index contributed by atoms with van der Waals surface area (Å²) in [7, 11) is 0. The lowest BCUT2D eigenvalue weighted by Gasteiger charge is -2.29. The van der Waals surface area contributed by atoms with Gasteiger partial charge in [0.1, 0.15) is 12.2 Å². The number of hydrogen-bond donors (Lipinski definition) is 1. The van der Waals surface area contributed by atoms with Crippen molar-refractivity contribution in [1.82, 2.24) is 0 Å². The normalized spacial score (nSPS) is 40.5. The average molecular weight is 304 g/mol. The number of aliphatic hydroxyl groups is 1. The van der Waals surface area contributed by atoms with Gasteiger partial charge in [0.2, 0.25) is 0 Å². The molecule has 1 saturated heterocycles. The Kier molecular flexibility index (Phi) is 3.48. The molecule has 5 heteroatoms. The van der Waals surface area contributed by atoms with E-state index in [9.17, 15) is 14.7 Å². The van der Waals surface area contributed by atoms with Gasteiger partial charge in [-0.1, -0.05) is 30.4 Å². The molecule has 1 heterocycles. The first-order valence-corrected chi connectivity index (χ1v) is 7.42. The van der Waals surface area contributed by atoms with Gasteiger partial charge in [0.05, 0.1) is 12.0 Å². The third-order valence-electron chi connectivity index (χ3n) is 4.98. The van der Waals surface area contributed by atoms with Crippen LogP contribution < -0.4 is 0 Å². The molecule has 0 amide bonds. The van der Waals surface area contributed by atoms with Crippen molar-refractivity contribution in [3.05, 3.63) is 36.0 Å². The SMILES string of the molecule is C=C1C(=O)O[C@@H]2[C@H]3C(C)=C[C@H](O)[C@H]3C(=C)C[C@H](OC(C)=O)[C@@H]12. The summed E-state index contributed by atoms with van der Waals surface area (Å²) in [5, 5.41) is 10.3. The summed E-state index contributed by atoms with van der Waals surface area (Å²) in [6.45, 7) is 11.2. The minimum absolute atomic E-state index is 0.142. The van der Waals surface area contributed by atoms with Gasteiger partial charge < -0.3 is 14.6 Å². The van der Waals surface area contributed by atoms with Gasteiger partial charge in [0, 0.05) is 30.8 Å². The molecule has 3 rings (SSSR count). The topological polar surface area (TPSA) is 72.8 Å². The smallest absolute Gasteiger partial charge is 0.334 e. The lowest BCUT2D eigenvalue weighted by Crippen LogP contribution is -2.36. The van der Waals surface area contributed by atoms with Crippen LogP contribution in [0.15, 0.2) is 36.0 Å². The number of carbonyl (C=O) groups excluding carboxylic acids is 2. The first-order chi connectivity index (χ1) is 10.3. The minimum atomic E-state index is -0.651. The summed E-state index contributed by atoms with van der Waals surface area (Å²) in [5.41, 5.74) is 2.12. The van der Waals surface area contributed by atoms with Gasteiger partial charge in [-0.15, -0.1) is 0 Å². The van der Waals surface area contributed by atoms with Crippen molar-refractivity contribution in [1.29, 1.82) is 0 Å². The van der Waals surface area contributed by atoms with Gasteiger partial charge >= 0.3 is 11.9 Å². The molecule has 1 N–H and O–H groups in total. The van der Waals surface area contributed by atoms with Crippen LogP contribution in [-0.2, 0) is 19.1 Å². The molecule has 1 aliphatic heterocycles. The fraction of sp³-hybridized carbons (Fsp3) is 0.529. The molecule has 22 heavy (non-hydrogen) atoms. The number of rotatable bonds is 1. The molecular weight excluding hydrogens is 284 g/mol. The van der Waals surface area contributed by atoms with Crippen molar-refractivity contribution in [3.63, 3.8) is 0 Å². The molecule has 2 aliphatic carbocycles. The maximum atomic E-state index is 12.0. The molecule has 118 valence electrons. The van der Waals surface area contributed by atoms with E-state index < -0.39 is 36.2 Å². The van der Waals surface area contributed by atoms with Crippen molar-refractivity contribution < 1.29 is 24.2 Å². The number of carbonyl (C=O) groups is 2. The van der Waals surface area contributed by atoms with E-state index >= 15 is 0 Å². The molecule has 1 saturated carbocycles. The Balaban J connectivity index is 2.05. The van der Waals surface area contributed by atoms with E-state index in [1.54, 1.807) is 6.08 Å². The largest absolute Gasteiger partial charge is 0.461 e. The van der Waals surface area contributed by atoms with E-state index in [-0.39, 0.29) is 11.8 Å². The van der Waals surface area contributed by atoms with E-state index in [4.69, 9.17) is 9.47 Å². The third-order valence-corrected chi connectivity index (χ3v) is 4.98. The second-order valence-electron chi connectivity index (χ2n) is 6.38. The molecule has 0 bridgehead atoms. The van der Waals surface area contributed by atoms with E-state index in [1.807, 2.05) is 6.92 Å². The number of hydrogen-bond acceptors (Lipinski definition) is 5. The van der Waals surface area contributed by atoms with Crippen LogP contribution in [0.5, 0.6) is 0 Å². The van der Waals surface area contributed by atoms with Crippen LogP contribution in [0.4, 0.5) is 0 Å². The van der Waals surface area contributed by atoms with Gasteiger partial charge in [0.15, 0.2) is 0 Å². The molecule has 0 spiro atoms. The van der Waals surface area contributed by atoms with Gasteiger partial charge in [0.25, 0.3) is 0 Å². The quantitative estimate of drug-likeness (QED) is 0.452. The number of aliphatic hydroxyl groups excluding tert-OH is 1. The molecule has 0 unspecified atom stereocenters. The highest BCUT2D eigenvalue weighted by Gasteiger charge is 2.55. The van der Waals surface area contributed by atoms with Crippen molar-refractivity contribution in [2.24, 2.45) is 17.8 Å². The number of esters is 2. The van der Waals surface area contributed by atoms with Crippen molar-refractivity contribution >= 4 is 11.9 Å². The fourth-order valence-electron chi connectivity index (χ4n) is 4.13. The average Bonchev–Trinajstić information content (AvgIpc) is 2.81. The lowest BCUT2D eigenvalue weighted by molar-refractivity contribution is -0.150. The Hall–Kier alpha value is -1.88. The predicted octanol–water partition coefficient (Wildman–Crippen LogP) is 1.53. The van der Waals surface area contributed by atoms with Crippen LogP contribution in [0.25, 0.3) is 0 Å². The third kappa shape index (κ3) is 2.11. The number of fused-ring (bicyclic) bond motifs is 3. The highest BCUT2D eigenvalue weighted by Crippen LogP contribution is 2.50. The molecule has 6 atom stereocenters. The lowest BCUT2D eigenvalue weighted by atomic mass is 9.79. The molecule has 0 aromatic heterocycles. The van der Waals surface area contributed by atoms with Crippen LogP contribution in [0, 0.1) is 17.8 Å². The van der Waals surface area contributed by atoms with E-state index in [1.165, 1.54) is 6.92 Å². The van der Waals surface area contributed by atoms with Crippen LogP contribution in [0.2, 0.25) is 0 Å². The highest BCUT2D eigenvalue weighted by molar-refractivity contribution is 5.91. The highest BCUT2D eigenvalue weighted by atomic mass is 16.6. The second-order valence-corrected chi connectivity index (χ2v) is 6.38. The summed E-state index contributed by atoms with van der Waals surface area (Å²) in [6.07, 6.45) is 0.539. The van der Waals surface area contributed by atoms with Crippen LogP contribution in [-0.4, -0.2) is 35.4 Å². The Morgan fingerprint density at radius 2 is 2.05 bits per heavy atom. The maximum absolute atomic E-state index is 12.0. The van der Waals surface area contributed by atoms with E-state index in [0.29, 0.717) is 12.0 Å². The molecule has 0 radical (unpaired) electrons. The Morgan fingerprint density at radius 3 is 2.68 bits per heavy atom. The zero-order chi connectivity index (χ0) is 16.2. The first-order valence-electron chi connectivity index (χ1n) is 7.42. The fourth-order valence-corrected chi connectivity index (χ4v) is 4.13. The van der Waals surface area contributed by atoms with E-state index in [0.717, 1.165) is 11.1 Å². The van der Waals surface area contributed by atoms with Crippen molar-refractivity contribution in [2.45, 2.75) is 38.6 Å². The van der Waals surface area contributed by atoms with Crippen LogP contribution in [0.1, 0.15) is 20.3 Å². The van der Waals surface area contributed by atoms with Gasteiger partial charge in [-0.2, -0.15) is 0 Å². The first kappa shape index (κ1) is 15.0. The molecule has 2 fully saturated rings. The maximum Gasteiger partial charge on any atom is 0.334 e. The molecule has 0 aromatic carbocycles. The minimum Gasteiger partial charge on any atom is -0.461 e. The van der Waals surface area contributed by atoms with Crippen LogP contribution in [0.3, 0.4) is 0 Å². The molecule has 3 aliphatic rings. The second kappa shape index (κ2) is 5.09. The molecule has 0 aromatic rings. The monoisotopic (exact) mass is 304 g/mol. The number of ether oxygens (including phenoxy) is 2. The summed E-state index contributed by atoms with van der Waals surface area (Å²) < 4.78 is 10.9. The Bertz CT molecular complexity index is 602. The van der Waals surface area contributed by atoms with Gasteiger partial charge in [-0.05, 0) is 6.92 Å². The summed E-state index contributed by atoms with van der Waals surface area (Å²) in [6, 6.07) is 0. The molecule has 5 nitrogen and oxygen atoms in total. The Labute approximate surface area is 129 Å². The summed E-state index contributed by atoms with van der Waals surface area (Å²) in [5.74, 6) is -1.61. The predicted molar refractivity (Wildman–Crippen MR) is 78.6 cm³/mol. The zero-order valence-electron chi connectivity index (χ0n) is 12.7. The van der Waals surface area contributed by atoms with Crippen molar-refractivity contribution in [2.75, 3.05) is 0 Å². The summed E-state index contributed by atoms with van der Waals surface area (Å²) in [4.78, 5) is 23.4. The summed E-state index contributed by atoms with van der Waals surface area (Å²) >= 11 is 0. The van der Waals surface area contributed by atoms with Gasteiger partial charge in [-0.25, -0.2) is 4.79 Å². The van der Waals surface area contributed by atoms with Gasteiger partial charge in [-0.3, -0.25) is 4.79 Å². The van der Waals surface area contributed by atoms with Crippen LogP contribution >= 0.6 is 0 Å². The Morgan fingerprint density at radius 1 is 1.36 bits per heavy atom.